The normalized spacial score (nSPS) is 10.6. The molecule has 0 radical (unpaired) electrons. The summed E-state index contributed by atoms with van der Waals surface area (Å²) in [5, 5.41) is 4.39. The highest BCUT2D eigenvalue weighted by Gasteiger charge is 2.09. The number of pyridine rings is 1. The summed E-state index contributed by atoms with van der Waals surface area (Å²) < 4.78 is 6.01. The van der Waals surface area contributed by atoms with Crippen LogP contribution in [0.3, 0.4) is 0 Å². The van der Waals surface area contributed by atoms with Crippen molar-refractivity contribution in [3.63, 3.8) is 0 Å². The second-order valence-electron chi connectivity index (χ2n) is 5.43. The fourth-order valence-corrected chi connectivity index (χ4v) is 3.23. The fraction of sp³-hybridized carbons (Fsp3) is 0.158. The molecule has 1 heterocycles. The van der Waals surface area contributed by atoms with Crippen molar-refractivity contribution in [1.82, 2.24) is 4.98 Å². The first-order valence-corrected chi connectivity index (χ1v) is 8.47. The van der Waals surface area contributed by atoms with Crippen molar-refractivity contribution in [3.8, 4) is 0 Å². The molecule has 0 aliphatic carbocycles. The van der Waals surface area contributed by atoms with E-state index in [-0.39, 0.29) is 5.97 Å². The Balaban J connectivity index is 1.99. The van der Waals surface area contributed by atoms with Crippen LogP contribution in [0.25, 0.3) is 10.9 Å². The van der Waals surface area contributed by atoms with Gasteiger partial charge in [0, 0.05) is 27.4 Å². The third-order valence-electron chi connectivity index (χ3n) is 3.60. The molecular formula is C19H17BrN2O2. The molecule has 0 bridgehead atoms. The molecule has 0 saturated carbocycles. The number of carbonyl (C=O) groups excluding carboxylic acids is 1. The Morgan fingerprint density at radius 3 is 2.88 bits per heavy atom. The van der Waals surface area contributed by atoms with E-state index in [0.29, 0.717) is 12.2 Å². The zero-order chi connectivity index (χ0) is 17.1. The molecule has 122 valence electrons. The third kappa shape index (κ3) is 3.41. The van der Waals surface area contributed by atoms with Crippen molar-refractivity contribution in [3.05, 3.63) is 64.3 Å². The van der Waals surface area contributed by atoms with Gasteiger partial charge in [-0.25, -0.2) is 4.79 Å². The predicted octanol–water partition coefficient (Wildman–Crippen LogP) is 5.23. The van der Waals surface area contributed by atoms with Gasteiger partial charge >= 0.3 is 5.97 Å². The van der Waals surface area contributed by atoms with Crippen molar-refractivity contribution < 1.29 is 9.53 Å². The van der Waals surface area contributed by atoms with Crippen LogP contribution in [0.2, 0.25) is 0 Å². The highest BCUT2D eigenvalue weighted by atomic mass is 79.9. The molecular weight excluding hydrogens is 368 g/mol. The number of rotatable bonds is 4. The molecule has 0 atom stereocenters. The summed E-state index contributed by atoms with van der Waals surface area (Å²) >= 11 is 3.56. The Morgan fingerprint density at radius 1 is 1.25 bits per heavy atom. The molecule has 0 aliphatic heterocycles. The van der Waals surface area contributed by atoms with Crippen LogP contribution in [0.4, 0.5) is 11.4 Å². The van der Waals surface area contributed by atoms with Gasteiger partial charge in [-0.3, -0.25) is 4.98 Å². The number of hydrogen-bond acceptors (Lipinski definition) is 4. The molecule has 24 heavy (non-hydrogen) atoms. The molecule has 3 aromatic rings. The third-order valence-corrected chi connectivity index (χ3v) is 4.20. The van der Waals surface area contributed by atoms with Crippen LogP contribution in [-0.2, 0) is 4.74 Å². The number of ether oxygens (including phenoxy) is 1. The van der Waals surface area contributed by atoms with Crippen LogP contribution < -0.4 is 5.32 Å². The minimum absolute atomic E-state index is 0.320. The Labute approximate surface area is 149 Å². The summed E-state index contributed by atoms with van der Waals surface area (Å²) in [4.78, 5) is 16.3. The highest BCUT2D eigenvalue weighted by Crippen LogP contribution is 2.31. The largest absolute Gasteiger partial charge is 0.462 e. The van der Waals surface area contributed by atoms with Gasteiger partial charge in [0.15, 0.2) is 0 Å². The van der Waals surface area contributed by atoms with E-state index in [0.717, 1.165) is 32.3 Å². The Morgan fingerprint density at radius 2 is 2.08 bits per heavy atom. The first kappa shape index (κ1) is 16.5. The number of aryl methyl sites for hydroxylation is 1. The lowest BCUT2D eigenvalue weighted by Gasteiger charge is -2.12. The highest BCUT2D eigenvalue weighted by molar-refractivity contribution is 9.10. The van der Waals surface area contributed by atoms with E-state index in [4.69, 9.17) is 4.74 Å². The SMILES string of the molecule is CCOC(=O)c1cccc(Nc2ccnc3c(Br)cc(C)cc23)c1. The number of nitrogens with zero attached hydrogens (tertiary/aromatic N) is 1. The van der Waals surface area contributed by atoms with E-state index in [1.807, 2.05) is 31.2 Å². The lowest BCUT2D eigenvalue weighted by molar-refractivity contribution is 0.0526. The number of nitrogens with one attached hydrogen (secondary N) is 1. The molecule has 0 amide bonds. The van der Waals surface area contributed by atoms with E-state index in [1.165, 1.54) is 0 Å². The van der Waals surface area contributed by atoms with E-state index >= 15 is 0 Å². The monoisotopic (exact) mass is 384 g/mol. The predicted molar refractivity (Wildman–Crippen MR) is 99.9 cm³/mol. The van der Waals surface area contributed by atoms with Crippen LogP contribution in [0.15, 0.2) is 53.1 Å². The van der Waals surface area contributed by atoms with Gasteiger partial charge in [-0.05, 0) is 71.7 Å². The molecule has 0 saturated heterocycles. The molecule has 0 unspecified atom stereocenters. The van der Waals surface area contributed by atoms with Crippen molar-refractivity contribution in [2.75, 3.05) is 11.9 Å². The molecule has 4 nitrogen and oxygen atoms in total. The molecule has 5 heteroatoms. The van der Waals surface area contributed by atoms with Crippen molar-refractivity contribution in [2.45, 2.75) is 13.8 Å². The number of anilines is 2. The van der Waals surface area contributed by atoms with Crippen LogP contribution >= 0.6 is 15.9 Å². The Kier molecular flexibility index (Phi) is 4.81. The molecule has 0 fully saturated rings. The van der Waals surface area contributed by atoms with Crippen molar-refractivity contribution in [2.24, 2.45) is 0 Å². The van der Waals surface area contributed by atoms with Gasteiger partial charge in [0.2, 0.25) is 0 Å². The number of hydrogen-bond donors (Lipinski definition) is 1. The van der Waals surface area contributed by atoms with E-state index in [1.54, 1.807) is 25.3 Å². The van der Waals surface area contributed by atoms with Crippen LogP contribution in [-0.4, -0.2) is 17.6 Å². The first-order chi connectivity index (χ1) is 11.6. The summed E-state index contributed by atoms with van der Waals surface area (Å²) in [5.41, 5.74) is 4.33. The van der Waals surface area contributed by atoms with Crippen LogP contribution in [0, 0.1) is 6.92 Å². The summed E-state index contributed by atoms with van der Waals surface area (Å²) in [5.74, 6) is -0.320. The summed E-state index contributed by atoms with van der Waals surface area (Å²) in [6, 6.07) is 13.3. The molecule has 0 aliphatic rings. The first-order valence-electron chi connectivity index (χ1n) is 7.67. The minimum atomic E-state index is -0.320. The number of aromatic nitrogens is 1. The van der Waals surface area contributed by atoms with Gasteiger partial charge < -0.3 is 10.1 Å². The van der Waals surface area contributed by atoms with Crippen molar-refractivity contribution >= 4 is 44.2 Å². The zero-order valence-corrected chi connectivity index (χ0v) is 15.1. The maximum atomic E-state index is 11.9. The lowest BCUT2D eigenvalue weighted by atomic mass is 10.1. The molecule has 2 aromatic carbocycles. The van der Waals surface area contributed by atoms with Gasteiger partial charge in [0.05, 0.1) is 17.7 Å². The zero-order valence-electron chi connectivity index (χ0n) is 13.5. The summed E-state index contributed by atoms with van der Waals surface area (Å²) in [7, 11) is 0. The quantitative estimate of drug-likeness (QED) is 0.625. The Hall–Kier alpha value is -2.40. The van der Waals surface area contributed by atoms with Gasteiger partial charge in [-0.15, -0.1) is 0 Å². The summed E-state index contributed by atoms with van der Waals surface area (Å²) in [6.45, 7) is 4.20. The van der Waals surface area contributed by atoms with E-state index in [9.17, 15) is 4.79 Å². The van der Waals surface area contributed by atoms with Gasteiger partial charge in [0.25, 0.3) is 0 Å². The summed E-state index contributed by atoms with van der Waals surface area (Å²) in [6.07, 6.45) is 1.76. The average molecular weight is 385 g/mol. The number of fused-ring (bicyclic) bond motifs is 1. The van der Waals surface area contributed by atoms with Crippen LogP contribution in [0.1, 0.15) is 22.8 Å². The van der Waals surface area contributed by atoms with E-state index < -0.39 is 0 Å². The van der Waals surface area contributed by atoms with Gasteiger partial charge in [0.1, 0.15) is 0 Å². The van der Waals surface area contributed by atoms with Gasteiger partial charge in [-0.2, -0.15) is 0 Å². The second-order valence-corrected chi connectivity index (χ2v) is 6.28. The molecule has 1 aromatic heterocycles. The fourth-order valence-electron chi connectivity index (χ4n) is 2.55. The van der Waals surface area contributed by atoms with E-state index in [2.05, 4.69) is 32.3 Å². The van der Waals surface area contributed by atoms with Crippen molar-refractivity contribution in [1.29, 1.82) is 0 Å². The second kappa shape index (κ2) is 7.01. The average Bonchev–Trinajstić information content (AvgIpc) is 2.56. The smallest absolute Gasteiger partial charge is 0.338 e. The standard InChI is InChI=1S/C19H17BrN2O2/c1-3-24-19(23)13-5-4-6-14(11-13)22-17-7-8-21-18-15(17)9-12(2)10-16(18)20/h4-11H,3H2,1-2H3,(H,21,22). The number of benzene rings is 2. The lowest BCUT2D eigenvalue weighted by Crippen LogP contribution is -2.05. The minimum Gasteiger partial charge on any atom is -0.462 e. The van der Waals surface area contributed by atoms with Crippen LogP contribution in [0.5, 0.6) is 0 Å². The maximum Gasteiger partial charge on any atom is 0.338 e. The molecule has 0 spiro atoms. The Bertz CT molecular complexity index is 909. The number of carbonyl (C=O) groups is 1. The number of esters is 1. The molecule has 3 rings (SSSR count). The number of halogens is 1. The van der Waals surface area contributed by atoms with Gasteiger partial charge in [-0.1, -0.05) is 6.07 Å². The topological polar surface area (TPSA) is 51.2 Å². The maximum absolute atomic E-state index is 11.9. The molecule has 1 N–H and O–H groups in total.